The summed E-state index contributed by atoms with van der Waals surface area (Å²) in [5, 5.41) is 5.99. The van der Waals surface area contributed by atoms with Gasteiger partial charge in [-0.15, -0.1) is 0 Å². The van der Waals surface area contributed by atoms with Crippen molar-refractivity contribution in [3.05, 3.63) is 60.3 Å². The molecule has 0 radical (unpaired) electrons. The van der Waals surface area contributed by atoms with Gasteiger partial charge in [0, 0.05) is 50.2 Å². The van der Waals surface area contributed by atoms with Crippen molar-refractivity contribution >= 4 is 33.2 Å². The second-order valence-electron chi connectivity index (χ2n) is 8.52. The zero-order valence-electron chi connectivity index (χ0n) is 31.2. The number of nitrogens with one attached hydrogen (secondary N) is 3. The van der Waals surface area contributed by atoms with Crippen LogP contribution in [0.1, 0.15) is 54.0 Å². The fraction of sp³-hybridized carbons (Fsp3) is 0.407. The van der Waals surface area contributed by atoms with Crippen LogP contribution in [0, 0.1) is 6.92 Å². The van der Waals surface area contributed by atoms with Crippen LogP contribution in [0.2, 0.25) is 0 Å². The van der Waals surface area contributed by atoms with Crippen LogP contribution in [-0.4, -0.2) is 55.0 Å². The average molecular weight is 536 g/mol. The van der Waals surface area contributed by atoms with Gasteiger partial charge in [-0.1, -0.05) is 6.07 Å². The molecular weight excluding hydrogens is 488 g/mol. The van der Waals surface area contributed by atoms with Crippen LogP contribution in [0.25, 0.3) is 0 Å². The average Bonchev–Trinajstić information content (AvgIpc) is 3.52. The Balaban J connectivity index is 1.50. The standard InChI is InChI=1S/C27H36N6O3S/c1-20-19-28-26(30-21-10-12-23(13-11-21)36-17-16-33-14-5-6-15-33)31-25(20)29-22-8-7-9-24(18-22)37(34,35)32-27(2,3)4/h7-13,18-19,32H,5-6,14-17H2,1-4H3,(H2,28,29,30,31)/i2D3,3D3,4D3,16D2. The largest absolute Gasteiger partial charge is 0.492 e. The van der Waals surface area contributed by atoms with Crippen molar-refractivity contribution in [2.45, 2.75) is 50.8 Å². The van der Waals surface area contributed by atoms with Gasteiger partial charge in [-0.05, 0) is 95.9 Å². The number of hydrogen-bond donors (Lipinski definition) is 3. The zero-order valence-corrected chi connectivity index (χ0v) is 21.0. The molecule has 1 aliphatic rings. The third-order valence-corrected chi connectivity index (χ3v) is 6.86. The minimum absolute atomic E-state index is 0.117. The van der Waals surface area contributed by atoms with Crippen LogP contribution < -0.4 is 20.1 Å². The molecule has 37 heavy (non-hydrogen) atoms. The number of ether oxygens (including phenoxy) is 1. The zero-order chi connectivity index (χ0) is 35.8. The highest BCUT2D eigenvalue weighted by molar-refractivity contribution is 7.89. The van der Waals surface area contributed by atoms with Gasteiger partial charge >= 0.3 is 0 Å². The third-order valence-electron chi connectivity index (χ3n) is 5.41. The molecule has 2 heterocycles. The smallest absolute Gasteiger partial charge is 0.241 e. The van der Waals surface area contributed by atoms with E-state index < -0.39 is 47.5 Å². The molecule has 1 saturated heterocycles. The second-order valence-corrected chi connectivity index (χ2v) is 10.2. The molecule has 198 valence electrons. The van der Waals surface area contributed by atoms with Crippen molar-refractivity contribution in [3.63, 3.8) is 0 Å². The molecule has 1 fully saturated rings. The minimum atomic E-state index is -5.01. The van der Waals surface area contributed by atoms with E-state index in [2.05, 4.69) is 20.6 Å². The van der Waals surface area contributed by atoms with Crippen molar-refractivity contribution in [1.29, 1.82) is 0 Å². The van der Waals surface area contributed by atoms with Gasteiger partial charge in [0.05, 0.1) is 4.90 Å². The SMILES string of the molecule is [2H]C([2H])(COc1ccc(Nc2ncc(C)c(Nc3cccc(S(=O)(=O)NC(C([2H])([2H])[2H])(C([2H])([2H])[2H])C([2H])([2H])[2H])c3)n2)cc1)N1CCCC1. The molecule has 1 aromatic heterocycles. The lowest BCUT2D eigenvalue weighted by Crippen LogP contribution is -2.40. The van der Waals surface area contributed by atoms with E-state index in [1.54, 1.807) is 36.1 Å². The number of likely N-dealkylation sites (tertiary alicyclic amines) is 1. The summed E-state index contributed by atoms with van der Waals surface area (Å²) in [6.07, 6.45) is 3.43. The molecule has 1 aliphatic heterocycles. The maximum Gasteiger partial charge on any atom is 0.241 e. The summed E-state index contributed by atoms with van der Waals surface area (Å²) in [6, 6.07) is 11.7. The first-order chi connectivity index (χ1) is 22.1. The predicted molar refractivity (Wildman–Crippen MR) is 147 cm³/mol. The van der Waals surface area contributed by atoms with Crippen molar-refractivity contribution in [2.75, 3.05) is 36.8 Å². The minimum Gasteiger partial charge on any atom is -0.492 e. The van der Waals surface area contributed by atoms with Crippen LogP contribution in [0.3, 0.4) is 0 Å². The Bertz CT molecular complexity index is 1660. The summed E-state index contributed by atoms with van der Waals surface area (Å²) in [7, 11) is -5.01. The Labute approximate surface area is 235 Å². The van der Waals surface area contributed by atoms with Gasteiger partial charge in [-0.3, -0.25) is 4.90 Å². The Hall–Kier alpha value is -3.21. The van der Waals surface area contributed by atoms with Crippen LogP contribution in [-0.2, 0) is 10.0 Å². The fourth-order valence-electron chi connectivity index (χ4n) is 3.61. The first-order valence-corrected chi connectivity index (χ1v) is 13.0. The van der Waals surface area contributed by atoms with Gasteiger partial charge in [-0.25, -0.2) is 18.1 Å². The highest BCUT2D eigenvalue weighted by atomic mass is 32.2. The molecule has 2 aromatic carbocycles. The van der Waals surface area contributed by atoms with Gasteiger partial charge in [0.15, 0.2) is 0 Å². The van der Waals surface area contributed by atoms with Gasteiger partial charge < -0.3 is 15.4 Å². The van der Waals surface area contributed by atoms with Gasteiger partial charge in [0.25, 0.3) is 0 Å². The quantitative estimate of drug-likeness (QED) is 0.339. The maximum atomic E-state index is 13.3. The lowest BCUT2D eigenvalue weighted by Gasteiger charge is -2.20. The fourth-order valence-corrected chi connectivity index (χ4v) is 4.67. The maximum absolute atomic E-state index is 13.3. The first-order valence-electron chi connectivity index (χ1n) is 17.1. The van der Waals surface area contributed by atoms with Crippen molar-refractivity contribution in [2.24, 2.45) is 0 Å². The number of rotatable bonds is 10. The third kappa shape index (κ3) is 7.88. The second kappa shape index (κ2) is 11.5. The van der Waals surface area contributed by atoms with E-state index in [4.69, 9.17) is 19.8 Å². The van der Waals surface area contributed by atoms with E-state index in [9.17, 15) is 8.42 Å². The molecular formula is C27H36N6O3S. The number of hydrogen-bond acceptors (Lipinski definition) is 8. The Morgan fingerprint density at radius 2 is 1.84 bits per heavy atom. The Morgan fingerprint density at radius 3 is 2.57 bits per heavy atom. The number of aryl methyl sites for hydroxylation is 1. The van der Waals surface area contributed by atoms with E-state index in [1.165, 1.54) is 23.1 Å². The topological polar surface area (TPSA) is 108 Å². The van der Waals surface area contributed by atoms with E-state index in [-0.39, 0.29) is 24.1 Å². The summed E-state index contributed by atoms with van der Waals surface area (Å²) in [5.41, 5.74) is -2.47. The van der Waals surface area contributed by atoms with Crippen LogP contribution in [0.5, 0.6) is 5.75 Å². The highest BCUT2D eigenvalue weighted by Crippen LogP contribution is 2.24. The van der Waals surface area contributed by atoms with Crippen LogP contribution >= 0.6 is 0 Å². The molecule has 3 N–H and O–H groups in total. The van der Waals surface area contributed by atoms with E-state index in [0.717, 1.165) is 25.0 Å². The van der Waals surface area contributed by atoms with Crippen molar-refractivity contribution in [3.8, 4) is 5.75 Å². The molecule has 0 bridgehead atoms. The lowest BCUT2D eigenvalue weighted by molar-refractivity contribution is 0.238. The molecule has 10 heteroatoms. The molecule has 0 unspecified atom stereocenters. The summed E-state index contributed by atoms with van der Waals surface area (Å²) in [5.74, 6) is 0.917. The molecule has 4 rings (SSSR count). The first kappa shape index (κ1) is 15.9. The van der Waals surface area contributed by atoms with Gasteiger partial charge in [-0.2, -0.15) is 4.98 Å². The summed E-state index contributed by atoms with van der Waals surface area (Å²) < 4.78 is 120. The molecule has 9 nitrogen and oxygen atoms in total. The highest BCUT2D eigenvalue weighted by Gasteiger charge is 2.22. The summed E-state index contributed by atoms with van der Waals surface area (Å²) >= 11 is 0. The molecule has 0 aliphatic carbocycles. The van der Waals surface area contributed by atoms with Crippen molar-refractivity contribution in [1.82, 2.24) is 19.6 Å². The lowest BCUT2D eigenvalue weighted by atomic mass is 10.1. The number of sulfonamides is 1. The molecule has 0 atom stereocenters. The van der Waals surface area contributed by atoms with Crippen molar-refractivity contribution < 1.29 is 28.2 Å². The van der Waals surface area contributed by atoms with Crippen LogP contribution in [0.15, 0.2) is 59.6 Å². The molecule has 0 spiro atoms. The number of benzene rings is 2. The molecule has 0 saturated carbocycles. The number of nitrogens with zero attached hydrogens (tertiary/aromatic N) is 3. The van der Waals surface area contributed by atoms with Gasteiger partial charge in [0.2, 0.25) is 16.0 Å². The molecule has 0 amide bonds. The van der Waals surface area contributed by atoms with Gasteiger partial charge in [0.1, 0.15) is 18.2 Å². The van der Waals surface area contributed by atoms with E-state index in [0.29, 0.717) is 30.1 Å². The summed E-state index contributed by atoms with van der Waals surface area (Å²) in [4.78, 5) is 9.88. The molecule has 3 aromatic rings. The van der Waals surface area contributed by atoms with E-state index >= 15 is 0 Å². The monoisotopic (exact) mass is 535 g/mol. The number of anilines is 4. The summed E-state index contributed by atoms with van der Waals surface area (Å²) in [6.45, 7) is -9.93. The Kier molecular flexibility index (Phi) is 4.92. The van der Waals surface area contributed by atoms with E-state index in [1.807, 2.05) is 0 Å². The Morgan fingerprint density at radius 1 is 1.08 bits per heavy atom. The normalized spacial score (nSPS) is 20.3. The predicted octanol–water partition coefficient (Wildman–Crippen LogP) is 4.82. The van der Waals surface area contributed by atoms with Crippen LogP contribution in [0.4, 0.5) is 23.1 Å². The number of aromatic nitrogens is 2.